The van der Waals surface area contributed by atoms with Crippen molar-refractivity contribution >= 4 is 17.2 Å². The molecule has 0 aliphatic carbocycles. The summed E-state index contributed by atoms with van der Waals surface area (Å²) in [6, 6.07) is 17.8. The summed E-state index contributed by atoms with van der Waals surface area (Å²) in [5.74, 6) is 0.796. The van der Waals surface area contributed by atoms with Gasteiger partial charge in [-0.1, -0.05) is 36.4 Å². The number of rotatable bonds is 7. The number of nitrogens with zero attached hydrogens (tertiary/aromatic N) is 3. The van der Waals surface area contributed by atoms with Crippen LogP contribution < -0.4 is 4.74 Å². The zero-order valence-corrected chi connectivity index (χ0v) is 19.5. The van der Waals surface area contributed by atoms with E-state index >= 15 is 0 Å². The number of carbonyl (C=O) groups excluding carboxylic acids is 1. The van der Waals surface area contributed by atoms with Gasteiger partial charge in [0.2, 0.25) is 0 Å². The third-order valence-electron chi connectivity index (χ3n) is 6.16. The largest absolute Gasteiger partial charge is 0.491 e. The van der Waals surface area contributed by atoms with Gasteiger partial charge in [0.25, 0.3) is 5.91 Å². The molecular formula is C26H29N3O3S. The predicted molar refractivity (Wildman–Crippen MR) is 130 cm³/mol. The molecule has 5 rings (SSSR count). The van der Waals surface area contributed by atoms with E-state index in [2.05, 4.69) is 22.4 Å². The van der Waals surface area contributed by atoms with Crippen LogP contribution in [-0.4, -0.2) is 66.2 Å². The van der Waals surface area contributed by atoms with Gasteiger partial charge in [0.15, 0.2) is 0 Å². The van der Waals surface area contributed by atoms with Crippen LogP contribution in [0.25, 0.3) is 10.6 Å². The standard InChI is InChI=1S/C26H29N3O3S/c30-26(21-8-4-9-23(16-21)32-18-24-10-5-15-31-24)29-13-11-28(12-14-29)17-22-19-33-25(27-22)20-6-2-1-3-7-20/h1-4,6-9,16,19,24H,5,10-15,17-18H2/t24-/m0/s1. The molecule has 1 aromatic heterocycles. The molecule has 2 fully saturated rings. The fraction of sp³-hybridized carbons (Fsp3) is 0.385. The van der Waals surface area contributed by atoms with E-state index in [-0.39, 0.29) is 12.0 Å². The Labute approximate surface area is 198 Å². The zero-order chi connectivity index (χ0) is 22.5. The van der Waals surface area contributed by atoms with Crippen LogP contribution in [0.15, 0.2) is 60.0 Å². The van der Waals surface area contributed by atoms with Gasteiger partial charge in [-0.25, -0.2) is 4.98 Å². The van der Waals surface area contributed by atoms with Crippen molar-refractivity contribution in [2.75, 3.05) is 39.4 Å². The van der Waals surface area contributed by atoms with E-state index in [9.17, 15) is 4.79 Å². The van der Waals surface area contributed by atoms with E-state index in [4.69, 9.17) is 14.5 Å². The van der Waals surface area contributed by atoms with Crippen LogP contribution in [0.1, 0.15) is 28.9 Å². The Morgan fingerprint density at radius 1 is 1.09 bits per heavy atom. The monoisotopic (exact) mass is 463 g/mol. The Morgan fingerprint density at radius 3 is 2.73 bits per heavy atom. The highest BCUT2D eigenvalue weighted by Crippen LogP contribution is 2.24. The molecule has 7 heteroatoms. The molecule has 0 N–H and O–H groups in total. The molecule has 172 valence electrons. The molecule has 3 aromatic rings. The van der Waals surface area contributed by atoms with Crippen molar-refractivity contribution in [1.29, 1.82) is 0 Å². The highest BCUT2D eigenvalue weighted by atomic mass is 32.1. The van der Waals surface area contributed by atoms with Crippen molar-refractivity contribution in [3.8, 4) is 16.3 Å². The van der Waals surface area contributed by atoms with E-state index < -0.39 is 0 Å². The van der Waals surface area contributed by atoms with Crippen molar-refractivity contribution in [2.45, 2.75) is 25.5 Å². The van der Waals surface area contributed by atoms with E-state index in [0.717, 1.165) is 74.2 Å². The minimum absolute atomic E-state index is 0.0669. The second-order valence-electron chi connectivity index (χ2n) is 8.55. The number of hydrogen-bond acceptors (Lipinski definition) is 6. The average Bonchev–Trinajstić information content (AvgIpc) is 3.56. The maximum absolute atomic E-state index is 13.1. The molecule has 33 heavy (non-hydrogen) atoms. The molecule has 2 aliphatic heterocycles. The Bertz CT molecular complexity index is 1060. The number of thiazole rings is 1. The molecule has 3 heterocycles. The smallest absolute Gasteiger partial charge is 0.254 e. The fourth-order valence-electron chi connectivity index (χ4n) is 4.30. The molecule has 1 amide bonds. The first-order chi connectivity index (χ1) is 16.2. The van der Waals surface area contributed by atoms with Gasteiger partial charge in [0, 0.05) is 55.8 Å². The van der Waals surface area contributed by atoms with E-state index in [0.29, 0.717) is 12.2 Å². The molecule has 2 aliphatic rings. The first kappa shape index (κ1) is 22.1. The van der Waals surface area contributed by atoms with Crippen molar-refractivity contribution in [1.82, 2.24) is 14.8 Å². The normalized spacial score (nSPS) is 19.0. The minimum Gasteiger partial charge on any atom is -0.491 e. The topological polar surface area (TPSA) is 54.9 Å². The number of carbonyl (C=O) groups is 1. The van der Waals surface area contributed by atoms with Gasteiger partial charge >= 0.3 is 0 Å². The number of ether oxygens (including phenoxy) is 2. The lowest BCUT2D eigenvalue weighted by Gasteiger charge is -2.34. The average molecular weight is 464 g/mol. The van der Waals surface area contributed by atoms with Crippen LogP contribution >= 0.6 is 11.3 Å². The van der Waals surface area contributed by atoms with Gasteiger partial charge in [-0.2, -0.15) is 0 Å². The summed E-state index contributed by atoms with van der Waals surface area (Å²) >= 11 is 1.69. The summed E-state index contributed by atoms with van der Waals surface area (Å²) in [6.07, 6.45) is 2.30. The van der Waals surface area contributed by atoms with Crippen molar-refractivity contribution in [2.24, 2.45) is 0 Å². The minimum atomic E-state index is 0.0669. The molecule has 0 radical (unpaired) electrons. The lowest BCUT2D eigenvalue weighted by atomic mass is 10.1. The van der Waals surface area contributed by atoms with Crippen LogP contribution in [-0.2, 0) is 11.3 Å². The summed E-state index contributed by atoms with van der Waals surface area (Å²) in [5, 5.41) is 3.20. The molecule has 6 nitrogen and oxygen atoms in total. The van der Waals surface area contributed by atoms with Gasteiger partial charge in [-0.15, -0.1) is 11.3 Å². The van der Waals surface area contributed by atoms with Crippen LogP contribution in [0.5, 0.6) is 5.75 Å². The Kier molecular flexibility index (Phi) is 7.00. The fourth-order valence-corrected chi connectivity index (χ4v) is 5.11. The lowest BCUT2D eigenvalue weighted by molar-refractivity contribution is 0.0624. The number of benzene rings is 2. The van der Waals surface area contributed by atoms with Gasteiger partial charge in [-0.05, 0) is 31.0 Å². The summed E-state index contributed by atoms with van der Waals surface area (Å²) < 4.78 is 11.5. The van der Waals surface area contributed by atoms with Gasteiger partial charge in [0.1, 0.15) is 17.4 Å². The highest BCUT2D eigenvalue weighted by Gasteiger charge is 2.23. The highest BCUT2D eigenvalue weighted by molar-refractivity contribution is 7.13. The summed E-state index contributed by atoms with van der Waals surface area (Å²) in [6.45, 7) is 5.30. The van der Waals surface area contributed by atoms with Gasteiger partial charge < -0.3 is 14.4 Å². The molecule has 1 atom stereocenters. The Hall–Kier alpha value is -2.74. The maximum atomic E-state index is 13.1. The predicted octanol–water partition coefficient (Wildman–Crippen LogP) is 4.33. The SMILES string of the molecule is O=C(c1cccc(OC[C@@H]2CCCO2)c1)N1CCN(Cc2csc(-c3ccccc3)n2)CC1. The third kappa shape index (κ3) is 5.61. The van der Waals surface area contributed by atoms with E-state index in [1.807, 2.05) is 47.4 Å². The zero-order valence-electron chi connectivity index (χ0n) is 18.7. The Morgan fingerprint density at radius 2 is 1.94 bits per heavy atom. The lowest BCUT2D eigenvalue weighted by Crippen LogP contribution is -2.48. The first-order valence-electron chi connectivity index (χ1n) is 11.6. The van der Waals surface area contributed by atoms with E-state index in [1.165, 1.54) is 0 Å². The molecule has 0 bridgehead atoms. The van der Waals surface area contributed by atoms with Crippen LogP contribution in [0.3, 0.4) is 0 Å². The van der Waals surface area contributed by atoms with Crippen LogP contribution in [0, 0.1) is 0 Å². The number of aromatic nitrogens is 1. The summed E-state index contributed by atoms with van der Waals surface area (Å²) in [7, 11) is 0. The number of amides is 1. The number of piperazine rings is 1. The molecular weight excluding hydrogens is 434 g/mol. The van der Waals surface area contributed by atoms with E-state index in [1.54, 1.807) is 11.3 Å². The van der Waals surface area contributed by atoms with Crippen molar-refractivity contribution in [3.63, 3.8) is 0 Å². The van der Waals surface area contributed by atoms with Crippen molar-refractivity contribution in [3.05, 3.63) is 71.2 Å². The quantitative estimate of drug-likeness (QED) is 0.522. The molecule has 0 unspecified atom stereocenters. The summed E-state index contributed by atoms with van der Waals surface area (Å²) in [4.78, 5) is 22.2. The molecule has 2 aromatic carbocycles. The number of hydrogen-bond donors (Lipinski definition) is 0. The first-order valence-corrected chi connectivity index (χ1v) is 12.5. The van der Waals surface area contributed by atoms with Gasteiger partial charge in [-0.3, -0.25) is 9.69 Å². The summed E-state index contributed by atoms with van der Waals surface area (Å²) in [5.41, 5.74) is 2.93. The van der Waals surface area contributed by atoms with Gasteiger partial charge in [0.05, 0.1) is 11.8 Å². The maximum Gasteiger partial charge on any atom is 0.254 e. The Balaban J connectivity index is 1.12. The van der Waals surface area contributed by atoms with Crippen LogP contribution in [0.4, 0.5) is 0 Å². The van der Waals surface area contributed by atoms with Crippen LogP contribution in [0.2, 0.25) is 0 Å². The molecule has 0 saturated carbocycles. The third-order valence-corrected chi connectivity index (χ3v) is 7.10. The molecule has 2 saturated heterocycles. The second kappa shape index (κ2) is 10.5. The molecule has 0 spiro atoms. The second-order valence-corrected chi connectivity index (χ2v) is 9.41. The van der Waals surface area contributed by atoms with Crippen molar-refractivity contribution < 1.29 is 14.3 Å².